The molecule has 23 heavy (non-hydrogen) atoms. The molecule has 1 aliphatic carbocycles. The standard InChI is InChI=1S/C20H36O2Si/c1-7-8-9-10-11-12-13-14-17-15-18(16-19(17)21)22-23(5,6)20(2,3)4/h12-13,15,18H,7-11,14,16H2,1-6H3. The molecule has 1 unspecified atom stereocenters. The van der Waals surface area contributed by atoms with E-state index in [1.54, 1.807) is 0 Å². The number of Topliss-reactive ketones (excluding diaryl/α,β-unsaturated/α-hetero) is 1. The Bertz CT molecular complexity index is 441. The van der Waals surface area contributed by atoms with Crippen molar-refractivity contribution in [2.75, 3.05) is 0 Å². The summed E-state index contributed by atoms with van der Waals surface area (Å²) >= 11 is 0. The lowest BCUT2D eigenvalue weighted by molar-refractivity contribution is -0.115. The van der Waals surface area contributed by atoms with E-state index in [-0.39, 0.29) is 16.9 Å². The van der Waals surface area contributed by atoms with Crippen LogP contribution in [0.25, 0.3) is 0 Å². The van der Waals surface area contributed by atoms with Gasteiger partial charge in [-0.25, -0.2) is 0 Å². The predicted molar refractivity (Wildman–Crippen MR) is 102 cm³/mol. The van der Waals surface area contributed by atoms with Gasteiger partial charge >= 0.3 is 0 Å². The van der Waals surface area contributed by atoms with Crippen LogP contribution in [0.3, 0.4) is 0 Å². The minimum Gasteiger partial charge on any atom is -0.410 e. The summed E-state index contributed by atoms with van der Waals surface area (Å²) in [6, 6.07) is 0. The Morgan fingerprint density at radius 3 is 2.52 bits per heavy atom. The van der Waals surface area contributed by atoms with Crippen molar-refractivity contribution >= 4 is 14.1 Å². The molecule has 0 N–H and O–H groups in total. The van der Waals surface area contributed by atoms with Gasteiger partial charge in [-0.05, 0) is 49.0 Å². The zero-order valence-electron chi connectivity index (χ0n) is 16.1. The van der Waals surface area contributed by atoms with E-state index in [4.69, 9.17) is 4.43 Å². The molecule has 0 saturated heterocycles. The molecule has 0 amide bonds. The number of hydrogen-bond acceptors (Lipinski definition) is 2. The summed E-state index contributed by atoms with van der Waals surface area (Å²) < 4.78 is 6.35. The summed E-state index contributed by atoms with van der Waals surface area (Å²) in [5.41, 5.74) is 0.943. The van der Waals surface area contributed by atoms with E-state index in [9.17, 15) is 4.79 Å². The van der Waals surface area contributed by atoms with Gasteiger partial charge in [0, 0.05) is 6.42 Å². The highest BCUT2D eigenvalue weighted by atomic mass is 28.4. The van der Waals surface area contributed by atoms with Crippen LogP contribution in [-0.4, -0.2) is 20.2 Å². The Hall–Kier alpha value is -0.673. The second-order valence-corrected chi connectivity index (χ2v) is 13.0. The maximum absolute atomic E-state index is 12.2. The highest BCUT2D eigenvalue weighted by Crippen LogP contribution is 2.38. The van der Waals surface area contributed by atoms with Gasteiger partial charge < -0.3 is 4.43 Å². The topological polar surface area (TPSA) is 26.3 Å². The van der Waals surface area contributed by atoms with E-state index >= 15 is 0 Å². The summed E-state index contributed by atoms with van der Waals surface area (Å²) in [4.78, 5) is 12.2. The molecule has 0 aliphatic heterocycles. The Morgan fingerprint density at radius 1 is 1.22 bits per heavy atom. The quantitative estimate of drug-likeness (QED) is 0.285. The van der Waals surface area contributed by atoms with Gasteiger partial charge in [0.05, 0.1) is 6.10 Å². The largest absolute Gasteiger partial charge is 0.410 e. The predicted octanol–water partition coefficient (Wildman–Crippen LogP) is 6.19. The molecule has 0 aromatic rings. The van der Waals surface area contributed by atoms with Gasteiger partial charge in [0.15, 0.2) is 14.1 Å². The van der Waals surface area contributed by atoms with Gasteiger partial charge in [-0.2, -0.15) is 0 Å². The van der Waals surface area contributed by atoms with E-state index < -0.39 is 8.32 Å². The van der Waals surface area contributed by atoms with Crippen LogP contribution in [-0.2, 0) is 9.22 Å². The molecule has 1 atom stereocenters. The molecule has 1 aliphatic rings. The molecule has 0 bridgehead atoms. The fraction of sp³-hybridized carbons (Fsp3) is 0.750. The lowest BCUT2D eigenvalue weighted by atomic mass is 10.1. The molecule has 1 rings (SSSR count). The van der Waals surface area contributed by atoms with Crippen LogP contribution in [0, 0.1) is 0 Å². The maximum atomic E-state index is 12.2. The van der Waals surface area contributed by atoms with Crippen LogP contribution >= 0.6 is 0 Å². The highest BCUT2D eigenvalue weighted by molar-refractivity contribution is 6.74. The Morgan fingerprint density at radius 2 is 1.91 bits per heavy atom. The number of rotatable bonds is 9. The van der Waals surface area contributed by atoms with E-state index in [0.717, 1.165) is 18.4 Å². The first-order valence-electron chi connectivity index (χ1n) is 9.24. The normalized spacial score (nSPS) is 19.7. The molecular weight excluding hydrogens is 300 g/mol. The van der Waals surface area contributed by atoms with Crippen molar-refractivity contribution in [2.24, 2.45) is 0 Å². The smallest absolute Gasteiger partial charge is 0.192 e. The van der Waals surface area contributed by atoms with Crippen molar-refractivity contribution in [3.05, 3.63) is 23.8 Å². The molecule has 0 heterocycles. The first kappa shape index (κ1) is 20.4. The Kier molecular flexibility index (Phi) is 7.95. The van der Waals surface area contributed by atoms with Crippen LogP contribution in [0.15, 0.2) is 23.8 Å². The van der Waals surface area contributed by atoms with Gasteiger partial charge in [0.2, 0.25) is 0 Å². The summed E-state index contributed by atoms with van der Waals surface area (Å²) in [6.07, 6.45) is 14.1. The lowest BCUT2D eigenvalue weighted by Crippen LogP contribution is -2.43. The van der Waals surface area contributed by atoms with Crippen molar-refractivity contribution < 1.29 is 9.22 Å². The summed E-state index contributed by atoms with van der Waals surface area (Å²) in [5, 5.41) is 0.186. The van der Waals surface area contributed by atoms with Crippen molar-refractivity contribution in [3.63, 3.8) is 0 Å². The zero-order chi connectivity index (χ0) is 17.5. The monoisotopic (exact) mass is 336 g/mol. The lowest BCUT2D eigenvalue weighted by Gasteiger charge is -2.37. The summed E-state index contributed by atoms with van der Waals surface area (Å²) in [7, 11) is -1.80. The Balaban J connectivity index is 2.45. The van der Waals surface area contributed by atoms with E-state index in [2.05, 4.69) is 59.0 Å². The minimum atomic E-state index is -1.80. The number of allylic oxidation sites excluding steroid dienone is 3. The number of carbonyl (C=O) groups excluding carboxylic acids is 1. The fourth-order valence-corrected chi connectivity index (χ4v) is 3.78. The molecule has 0 fully saturated rings. The number of hydrogen-bond donors (Lipinski definition) is 0. The second-order valence-electron chi connectivity index (χ2n) is 8.26. The maximum Gasteiger partial charge on any atom is 0.192 e. The highest BCUT2D eigenvalue weighted by Gasteiger charge is 2.40. The Labute approximate surface area is 144 Å². The van der Waals surface area contributed by atoms with Crippen molar-refractivity contribution in [2.45, 2.75) is 96.9 Å². The molecular formula is C20H36O2Si. The van der Waals surface area contributed by atoms with Crippen molar-refractivity contribution in [1.82, 2.24) is 0 Å². The third kappa shape index (κ3) is 6.76. The van der Waals surface area contributed by atoms with Gasteiger partial charge in [0.25, 0.3) is 0 Å². The van der Waals surface area contributed by atoms with Crippen molar-refractivity contribution in [3.8, 4) is 0 Å². The summed E-state index contributed by atoms with van der Waals surface area (Å²) in [5.74, 6) is 0.268. The van der Waals surface area contributed by atoms with Gasteiger partial charge in [-0.3, -0.25) is 4.79 Å². The van der Waals surface area contributed by atoms with E-state index in [1.807, 2.05) is 0 Å². The fourth-order valence-electron chi connectivity index (χ4n) is 2.52. The first-order valence-corrected chi connectivity index (χ1v) is 12.1. The molecule has 2 nitrogen and oxygen atoms in total. The van der Waals surface area contributed by atoms with E-state index in [1.165, 1.54) is 25.7 Å². The number of ketones is 1. The third-order valence-corrected chi connectivity index (χ3v) is 9.62. The molecule has 3 heteroatoms. The first-order chi connectivity index (χ1) is 10.7. The van der Waals surface area contributed by atoms with Crippen molar-refractivity contribution in [1.29, 1.82) is 0 Å². The molecule has 0 spiro atoms. The van der Waals surface area contributed by atoms with Crippen LogP contribution in [0.2, 0.25) is 18.1 Å². The molecule has 0 saturated carbocycles. The molecule has 132 valence electrons. The summed E-state index contributed by atoms with van der Waals surface area (Å²) in [6.45, 7) is 13.4. The molecule has 0 aromatic carbocycles. The zero-order valence-corrected chi connectivity index (χ0v) is 17.1. The molecule has 0 aromatic heterocycles. The van der Waals surface area contributed by atoms with E-state index in [0.29, 0.717) is 6.42 Å². The third-order valence-electron chi connectivity index (χ3n) is 5.11. The van der Waals surface area contributed by atoms with Gasteiger partial charge in [-0.15, -0.1) is 0 Å². The average molecular weight is 337 g/mol. The van der Waals surface area contributed by atoms with Crippen LogP contribution in [0.5, 0.6) is 0 Å². The van der Waals surface area contributed by atoms with Crippen LogP contribution < -0.4 is 0 Å². The number of unbranched alkanes of at least 4 members (excludes halogenated alkanes) is 4. The van der Waals surface area contributed by atoms with Crippen LogP contribution in [0.4, 0.5) is 0 Å². The minimum absolute atomic E-state index is 0.00338. The average Bonchev–Trinajstić information content (AvgIpc) is 2.76. The second kappa shape index (κ2) is 8.98. The molecule has 0 radical (unpaired) electrons. The van der Waals surface area contributed by atoms with Gasteiger partial charge in [-0.1, -0.05) is 59.1 Å². The van der Waals surface area contributed by atoms with Crippen LogP contribution in [0.1, 0.15) is 72.6 Å². The van der Waals surface area contributed by atoms with Gasteiger partial charge in [0.1, 0.15) is 0 Å². The number of carbonyl (C=O) groups is 1. The SMILES string of the molecule is CCCCCCC=CCC1=CC(O[Si](C)(C)C(C)(C)C)CC1=O.